The van der Waals surface area contributed by atoms with Crippen LogP contribution in [0.4, 0.5) is 17.1 Å². The number of imidazole rings is 1. The van der Waals surface area contributed by atoms with E-state index in [2.05, 4.69) is 64.1 Å². The number of H-pyrrole nitrogens is 1. The van der Waals surface area contributed by atoms with Gasteiger partial charge in [0, 0.05) is 73.8 Å². The molecular weight excluding hydrogens is 412 g/mol. The fourth-order valence-electron chi connectivity index (χ4n) is 4.67. The number of rotatable bonds is 5. The van der Waals surface area contributed by atoms with Crippen LogP contribution in [0, 0.1) is 6.92 Å². The van der Waals surface area contributed by atoms with Crippen LogP contribution in [0.1, 0.15) is 19.4 Å². The number of hydrogen-bond acceptors (Lipinski definition) is 5. The van der Waals surface area contributed by atoms with Gasteiger partial charge in [-0.1, -0.05) is 0 Å². The van der Waals surface area contributed by atoms with Crippen molar-refractivity contribution in [2.45, 2.75) is 26.8 Å². The van der Waals surface area contributed by atoms with Crippen LogP contribution in [0.3, 0.4) is 0 Å². The van der Waals surface area contributed by atoms with E-state index in [-0.39, 0.29) is 5.56 Å². The van der Waals surface area contributed by atoms with Gasteiger partial charge in [-0.2, -0.15) is 0 Å². The summed E-state index contributed by atoms with van der Waals surface area (Å²) in [6.07, 6.45) is 5.37. The molecule has 5 rings (SSSR count). The standard InChI is InChI=1S/C26H30N6O/c1-18(2)30-12-14-31(15-13-30)23-6-4-21(16-19(23)3)29-22-5-7-24(32-11-10-28-26(22)32)20-8-9-27-25(33)17-20/h4-11,16-18,29H,12-15H2,1-3H3,(H,27,33). The maximum Gasteiger partial charge on any atom is 0.248 e. The normalized spacial score (nSPS) is 14.8. The Morgan fingerprint density at radius 2 is 1.85 bits per heavy atom. The first-order valence-electron chi connectivity index (χ1n) is 11.5. The zero-order valence-electron chi connectivity index (χ0n) is 19.4. The largest absolute Gasteiger partial charge is 0.369 e. The van der Waals surface area contributed by atoms with Crippen LogP contribution < -0.4 is 15.8 Å². The molecule has 0 aliphatic carbocycles. The second-order valence-corrected chi connectivity index (χ2v) is 8.94. The molecule has 4 aromatic rings. The summed E-state index contributed by atoms with van der Waals surface area (Å²) >= 11 is 0. The second kappa shape index (κ2) is 8.75. The van der Waals surface area contributed by atoms with Crippen LogP contribution in [0.2, 0.25) is 0 Å². The van der Waals surface area contributed by atoms with Gasteiger partial charge in [0.25, 0.3) is 0 Å². The molecule has 4 heterocycles. The van der Waals surface area contributed by atoms with Gasteiger partial charge in [0.05, 0.1) is 11.4 Å². The minimum atomic E-state index is -0.121. The highest BCUT2D eigenvalue weighted by molar-refractivity contribution is 5.78. The van der Waals surface area contributed by atoms with E-state index in [9.17, 15) is 4.79 Å². The maximum absolute atomic E-state index is 11.8. The minimum Gasteiger partial charge on any atom is -0.369 e. The predicted molar refractivity (Wildman–Crippen MR) is 135 cm³/mol. The van der Waals surface area contributed by atoms with Gasteiger partial charge in [0.15, 0.2) is 5.65 Å². The van der Waals surface area contributed by atoms with E-state index in [4.69, 9.17) is 0 Å². The summed E-state index contributed by atoms with van der Waals surface area (Å²) in [4.78, 5) is 24.0. The molecule has 0 amide bonds. The van der Waals surface area contributed by atoms with Crippen LogP contribution in [0.5, 0.6) is 0 Å². The first kappa shape index (κ1) is 21.3. The third kappa shape index (κ3) is 4.24. The molecule has 7 nitrogen and oxygen atoms in total. The SMILES string of the molecule is Cc1cc(Nc2ccc(-c3cc[nH]c(=O)c3)n3ccnc23)ccc1N1CCN(C(C)C)CC1. The lowest BCUT2D eigenvalue weighted by Crippen LogP contribution is -2.49. The summed E-state index contributed by atoms with van der Waals surface area (Å²) in [6, 6.07) is 14.7. The molecule has 0 spiro atoms. The van der Waals surface area contributed by atoms with Gasteiger partial charge >= 0.3 is 0 Å². The molecule has 1 saturated heterocycles. The van der Waals surface area contributed by atoms with Gasteiger partial charge in [0.2, 0.25) is 5.56 Å². The third-order valence-electron chi connectivity index (χ3n) is 6.48. The molecule has 3 aromatic heterocycles. The number of pyridine rings is 2. The van der Waals surface area contributed by atoms with Gasteiger partial charge in [0.1, 0.15) is 0 Å². The van der Waals surface area contributed by atoms with Crippen molar-refractivity contribution >= 4 is 22.7 Å². The van der Waals surface area contributed by atoms with Crippen LogP contribution >= 0.6 is 0 Å². The molecule has 1 aliphatic heterocycles. The van der Waals surface area contributed by atoms with Crippen molar-refractivity contribution in [3.05, 3.63) is 77.0 Å². The summed E-state index contributed by atoms with van der Waals surface area (Å²) < 4.78 is 2.01. The van der Waals surface area contributed by atoms with Crippen molar-refractivity contribution in [3.8, 4) is 11.3 Å². The monoisotopic (exact) mass is 442 g/mol. The molecule has 0 atom stereocenters. The number of nitrogens with one attached hydrogen (secondary N) is 2. The minimum absolute atomic E-state index is 0.121. The Morgan fingerprint density at radius 1 is 1.03 bits per heavy atom. The summed E-state index contributed by atoms with van der Waals surface area (Å²) in [7, 11) is 0. The average molecular weight is 443 g/mol. The molecule has 1 aromatic carbocycles. The number of anilines is 3. The number of fused-ring (bicyclic) bond motifs is 1. The Morgan fingerprint density at radius 3 is 2.58 bits per heavy atom. The molecule has 7 heteroatoms. The van der Waals surface area contributed by atoms with Crippen molar-refractivity contribution in [1.82, 2.24) is 19.3 Å². The quantitative estimate of drug-likeness (QED) is 0.483. The van der Waals surface area contributed by atoms with Crippen molar-refractivity contribution < 1.29 is 0 Å². The smallest absolute Gasteiger partial charge is 0.248 e. The number of aromatic nitrogens is 3. The van der Waals surface area contributed by atoms with Crippen LogP contribution in [-0.4, -0.2) is 51.5 Å². The van der Waals surface area contributed by atoms with Gasteiger partial charge in [-0.3, -0.25) is 14.1 Å². The van der Waals surface area contributed by atoms with E-state index in [1.165, 1.54) is 11.3 Å². The average Bonchev–Trinajstić information content (AvgIpc) is 3.30. The lowest BCUT2D eigenvalue weighted by Gasteiger charge is -2.38. The molecule has 1 fully saturated rings. The zero-order chi connectivity index (χ0) is 22.9. The van der Waals surface area contributed by atoms with E-state index in [0.717, 1.165) is 54.5 Å². The van der Waals surface area contributed by atoms with Gasteiger partial charge in [-0.15, -0.1) is 0 Å². The maximum atomic E-state index is 11.8. The molecule has 0 radical (unpaired) electrons. The topological polar surface area (TPSA) is 68.7 Å². The summed E-state index contributed by atoms with van der Waals surface area (Å²) in [5.41, 5.74) is 7.00. The summed E-state index contributed by atoms with van der Waals surface area (Å²) in [6.45, 7) is 11.0. The number of aryl methyl sites for hydroxylation is 1. The molecule has 170 valence electrons. The predicted octanol–water partition coefficient (Wildman–Crippen LogP) is 4.27. The van der Waals surface area contributed by atoms with Crippen molar-refractivity contribution in [3.63, 3.8) is 0 Å². The third-order valence-corrected chi connectivity index (χ3v) is 6.48. The number of piperazine rings is 1. The van der Waals surface area contributed by atoms with E-state index in [1.54, 1.807) is 18.5 Å². The summed E-state index contributed by atoms with van der Waals surface area (Å²) in [5, 5.41) is 3.54. The fourth-order valence-corrected chi connectivity index (χ4v) is 4.67. The Labute approximate surface area is 193 Å². The molecule has 1 aliphatic rings. The summed E-state index contributed by atoms with van der Waals surface area (Å²) in [5.74, 6) is 0. The second-order valence-electron chi connectivity index (χ2n) is 8.94. The van der Waals surface area contributed by atoms with E-state index in [0.29, 0.717) is 6.04 Å². The van der Waals surface area contributed by atoms with Crippen LogP contribution in [0.15, 0.2) is 65.8 Å². The molecular formula is C26H30N6O. The first-order valence-corrected chi connectivity index (χ1v) is 11.5. The molecule has 2 N–H and O–H groups in total. The lowest BCUT2D eigenvalue weighted by atomic mass is 10.1. The van der Waals surface area contributed by atoms with Gasteiger partial charge in [-0.25, -0.2) is 4.98 Å². The van der Waals surface area contributed by atoms with Gasteiger partial charge < -0.3 is 15.2 Å². The van der Waals surface area contributed by atoms with Crippen molar-refractivity contribution in [1.29, 1.82) is 0 Å². The number of nitrogens with zero attached hydrogens (tertiary/aromatic N) is 4. The number of benzene rings is 1. The van der Waals surface area contributed by atoms with E-state index >= 15 is 0 Å². The van der Waals surface area contributed by atoms with Gasteiger partial charge in [-0.05, 0) is 62.7 Å². The zero-order valence-corrected chi connectivity index (χ0v) is 19.4. The molecule has 33 heavy (non-hydrogen) atoms. The van der Waals surface area contributed by atoms with E-state index in [1.807, 2.05) is 28.8 Å². The molecule has 0 saturated carbocycles. The Balaban J connectivity index is 1.38. The Hall–Kier alpha value is -3.58. The highest BCUT2D eigenvalue weighted by Gasteiger charge is 2.20. The van der Waals surface area contributed by atoms with E-state index < -0.39 is 0 Å². The molecule has 0 bridgehead atoms. The Kier molecular flexibility index (Phi) is 5.64. The number of hydrogen-bond donors (Lipinski definition) is 2. The number of aromatic amines is 1. The Bertz CT molecular complexity index is 1330. The van der Waals surface area contributed by atoms with Crippen LogP contribution in [-0.2, 0) is 0 Å². The van der Waals surface area contributed by atoms with Crippen molar-refractivity contribution in [2.75, 3.05) is 36.4 Å². The van der Waals surface area contributed by atoms with Crippen LogP contribution in [0.25, 0.3) is 16.9 Å². The first-order chi connectivity index (χ1) is 16.0. The van der Waals surface area contributed by atoms with Crippen molar-refractivity contribution in [2.24, 2.45) is 0 Å². The molecule has 0 unspecified atom stereocenters. The highest BCUT2D eigenvalue weighted by Crippen LogP contribution is 2.30. The fraction of sp³-hybridized carbons (Fsp3) is 0.308. The highest BCUT2D eigenvalue weighted by atomic mass is 16.1. The lowest BCUT2D eigenvalue weighted by molar-refractivity contribution is 0.209.